The van der Waals surface area contributed by atoms with Gasteiger partial charge in [0.05, 0.1) is 16.6 Å². The van der Waals surface area contributed by atoms with Gasteiger partial charge >= 0.3 is 5.97 Å². The highest BCUT2D eigenvalue weighted by atomic mass is 35.5. The monoisotopic (exact) mass is 284 g/mol. The van der Waals surface area contributed by atoms with E-state index in [1.165, 1.54) is 18.2 Å². The first-order chi connectivity index (χ1) is 8.95. The molecule has 0 spiro atoms. The van der Waals surface area contributed by atoms with E-state index in [2.05, 4.69) is 5.32 Å². The molecule has 1 atom stereocenters. The minimum atomic E-state index is -1.11. The van der Waals surface area contributed by atoms with Gasteiger partial charge in [-0.05, 0) is 24.6 Å². The minimum absolute atomic E-state index is 0.00468. The number of amides is 1. The highest BCUT2D eigenvalue weighted by Crippen LogP contribution is 2.21. The van der Waals surface area contributed by atoms with Crippen LogP contribution in [0.1, 0.15) is 36.5 Å². The summed E-state index contributed by atoms with van der Waals surface area (Å²) in [4.78, 5) is 22.5. The van der Waals surface area contributed by atoms with Crippen LogP contribution in [0.3, 0.4) is 0 Å². The van der Waals surface area contributed by atoms with Gasteiger partial charge in [0, 0.05) is 5.69 Å². The molecule has 5 nitrogen and oxygen atoms in total. The molecule has 1 amide bonds. The Kier molecular flexibility index (Phi) is 5.79. The number of nitrogens with two attached hydrogens (primary N) is 1. The van der Waals surface area contributed by atoms with Gasteiger partial charge in [0.2, 0.25) is 5.91 Å². The summed E-state index contributed by atoms with van der Waals surface area (Å²) < 4.78 is 0. The summed E-state index contributed by atoms with van der Waals surface area (Å²) in [6.07, 6.45) is 2.47. The lowest BCUT2D eigenvalue weighted by molar-refractivity contribution is -0.117. The van der Waals surface area contributed by atoms with Gasteiger partial charge in [-0.25, -0.2) is 4.79 Å². The van der Waals surface area contributed by atoms with Gasteiger partial charge in [-0.1, -0.05) is 31.4 Å². The third kappa shape index (κ3) is 4.54. The van der Waals surface area contributed by atoms with Gasteiger partial charge in [0.15, 0.2) is 0 Å². The van der Waals surface area contributed by atoms with Gasteiger partial charge in [-0.15, -0.1) is 0 Å². The molecule has 1 aromatic rings. The number of carbonyl (C=O) groups excluding carboxylic acids is 1. The van der Waals surface area contributed by atoms with Crippen molar-refractivity contribution in [1.29, 1.82) is 0 Å². The highest BCUT2D eigenvalue weighted by molar-refractivity contribution is 6.33. The van der Waals surface area contributed by atoms with Crippen LogP contribution in [0.4, 0.5) is 5.69 Å². The van der Waals surface area contributed by atoms with Crippen molar-refractivity contribution in [3.05, 3.63) is 28.8 Å². The molecule has 0 aliphatic rings. The normalized spacial score (nSPS) is 11.9. The molecule has 0 fully saturated rings. The zero-order chi connectivity index (χ0) is 14.4. The van der Waals surface area contributed by atoms with E-state index in [9.17, 15) is 9.59 Å². The molecule has 0 radical (unpaired) electrons. The summed E-state index contributed by atoms with van der Waals surface area (Å²) in [6.45, 7) is 2.02. The Morgan fingerprint density at radius 3 is 2.68 bits per heavy atom. The van der Waals surface area contributed by atoms with Crippen molar-refractivity contribution < 1.29 is 14.7 Å². The molecule has 0 aliphatic carbocycles. The quantitative estimate of drug-likeness (QED) is 0.748. The lowest BCUT2D eigenvalue weighted by Crippen LogP contribution is -2.35. The van der Waals surface area contributed by atoms with Crippen molar-refractivity contribution in [3.8, 4) is 0 Å². The molecule has 0 heterocycles. The first kappa shape index (κ1) is 15.5. The van der Waals surface area contributed by atoms with Crippen LogP contribution in [0.2, 0.25) is 5.02 Å². The molecule has 19 heavy (non-hydrogen) atoms. The van der Waals surface area contributed by atoms with E-state index < -0.39 is 12.0 Å². The number of carboxylic acid groups (broad SMARTS) is 1. The Morgan fingerprint density at radius 2 is 2.16 bits per heavy atom. The van der Waals surface area contributed by atoms with E-state index in [0.717, 1.165) is 12.8 Å². The Morgan fingerprint density at radius 1 is 1.47 bits per heavy atom. The van der Waals surface area contributed by atoms with Crippen molar-refractivity contribution in [2.45, 2.75) is 32.2 Å². The maximum Gasteiger partial charge on any atom is 0.337 e. The summed E-state index contributed by atoms with van der Waals surface area (Å²) >= 11 is 5.81. The first-order valence-corrected chi connectivity index (χ1v) is 6.42. The van der Waals surface area contributed by atoms with Crippen LogP contribution in [0, 0.1) is 0 Å². The summed E-state index contributed by atoms with van der Waals surface area (Å²) in [5.41, 5.74) is 6.16. The maximum atomic E-state index is 11.8. The molecule has 1 rings (SSSR count). The minimum Gasteiger partial charge on any atom is -0.478 e. The second kappa shape index (κ2) is 7.11. The van der Waals surface area contributed by atoms with Gasteiger partial charge in [0.1, 0.15) is 0 Å². The Bertz CT molecular complexity index is 477. The van der Waals surface area contributed by atoms with Crippen LogP contribution in [0.25, 0.3) is 0 Å². The van der Waals surface area contributed by atoms with E-state index in [0.29, 0.717) is 12.1 Å². The first-order valence-electron chi connectivity index (χ1n) is 6.05. The van der Waals surface area contributed by atoms with Crippen LogP contribution in [-0.4, -0.2) is 23.0 Å². The van der Waals surface area contributed by atoms with E-state index in [-0.39, 0.29) is 16.5 Å². The number of aromatic carboxylic acids is 1. The fraction of sp³-hybridized carbons (Fsp3) is 0.385. The molecule has 0 aromatic heterocycles. The van der Waals surface area contributed by atoms with Crippen LogP contribution >= 0.6 is 11.6 Å². The van der Waals surface area contributed by atoms with Crippen molar-refractivity contribution in [2.24, 2.45) is 5.73 Å². The number of halogens is 1. The zero-order valence-corrected chi connectivity index (χ0v) is 11.4. The Balaban J connectivity index is 2.70. The Labute approximate surface area is 116 Å². The average molecular weight is 285 g/mol. The number of carboxylic acids is 1. The molecule has 1 aromatic carbocycles. The fourth-order valence-electron chi connectivity index (χ4n) is 1.56. The molecule has 0 saturated carbocycles. The third-order valence-corrected chi connectivity index (χ3v) is 2.99. The Hall–Kier alpha value is -1.59. The van der Waals surface area contributed by atoms with Gasteiger partial charge in [0.25, 0.3) is 0 Å². The number of hydrogen-bond acceptors (Lipinski definition) is 3. The topological polar surface area (TPSA) is 92.4 Å². The van der Waals surface area contributed by atoms with Crippen molar-refractivity contribution in [2.75, 3.05) is 5.32 Å². The summed E-state index contributed by atoms with van der Waals surface area (Å²) in [6, 6.07) is 3.66. The molecule has 0 bridgehead atoms. The highest BCUT2D eigenvalue weighted by Gasteiger charge is 2.14. The van der Waals surface area contributed by atoms with E-state index >= 15 is 0 Å². The lowest BCUT2D eigenvalue weighted by Gasteiger charge is -2.12. The zero-order valence-electron chi connectivity index (χ0n) is 10.6. The number of anilines is 1. The van der Waals surface area contributed by atoms with E-state index in [1.54, 1.807) is 0 Å². The number of rotatable bonds is 6. The van der Waals surface area contributed by atoms with Gasteiger partial charge in [-0.2, -0.15) is 0 Å². The summed E-state index contributed by atoms with van der Waals surface area (Å²) in [5, 5.41) is 11.5. The van der Waals surface area contributed by atoms with Crippen LogP contribution in [0.15, 0.2) is 18.2 Å². The molecule has 1 unspecified atom stereocenters. The number of unbranched alkanes of at least 4 members (excludes halogenated alkanes) is 1. The van der Waals surface area contributed by atoms with Crippen LogP contribution < -0.4 is 11.1 Å². The summed E-state index contributed by atoms with van der Waals surface area (Å²) in [7, 11) is 0. The molecule has 104 valence electrons. The van der Waals surface area contributed by atoms with Gasteiger partial charge < -0.3 is 16.2 Å². The van der Waals surface area contributed by atoms with Gasteiger partial charge in [-0.3, -0.25) is 4.79 Å². The standard InChI is InChI=1S/C13H17ClN2O3/c1-2-3-4-11(15)12(17)16-8-5-6-9(13(18)19)10(14)7-8/h5-7,11H,2-4,15H2,1H3,(H,16,17)(H,18,19). The SMILES string of the molecule is CCCCC(N)C(=O)Nc1ccc(C(=O)O)c(Cl)c1. The predicted molar refractivity (Wildman–Crippen MR) is 74.5 cm³/mol. The van der Waals surface area contributed by atoms with E-state index in [4.69, 9.17) is 22.4 Å². The predicted octanol–water partition coefficient (Wildman–Crippen LogP) is 2.49. The van der Waals surface area contributed by atoms with Crippen molar-refractivity contribution in [1.82, 2.24) is 0 Å². The van der Waals surface area contributed by atoms with Crippen LogP contribution in [-0.2, 0) is 4.79 Å². The molecule has 0 aliphatic heterocycles. The molecule has 4 N–H and O–H groups in total. The van der Waals surface area contributed by atoms with Crippen molar-refractivity contribution in [3.63, 3.8) is 0 Å². The number of benzene rings is 1. The lowest BCUT2D eigenvalue weighted by atomic mass is 10.1. The maximum absolute atomic E-state index is 11.8. The van der Waals surface area contributed by atoms with E-state index in [1.807, 2.05) is 6.92 Å². The molecule has 6 heteroatoms. The van der Waals surface area contributed by atoms with Crippen molar-refractivity contribution >= 4 is 29.2 Å². The number of nitrogens with one attached hydrogen (secondary N) is 1. The average Bonchev–Trinajstić information content (AvgIpc) is 2.35. The largest absolute Gasteiger partial charge is 0.478 e. The second-order valence-corrected chi connectivity index (χ2v) is 4.64. The fourth-order valence-corrected chi connectivity index (χ4v) is 1.82. The number of hydrogen-bond donors (Lipinski definition) is 3. The smallest absolute Gasteiger partial charge is 0.337 e. The molecular formula is C13H17ClN2O3. The number of carbonyl (C=O) groups is 2. The third-order valence-electron chi connectivity index (χ3n) is 2.67. The molecule has 0 saturated heterocycles. The molecular weight excluding hydrogens is 268 g/mol. The second-order valence-electron chi connectivity index (χ2n) is 4.24. The summed E-state index contributed by atoms with van der Waals surface area (Å²) in [5.74, 6) is -1.41. The van der Waals surface area contributed by atoms with Crippen LogP contribution in [0.5, 0.6) is 0 Å².